The van der Waals surface area contributed by atoms with Crippen LogP contribution in [0, 0.1) is 5.92 Å². The average Bonchev–Trinajstić information content (AvgIpc) is 2.84. The van der Waals surface area contributed by atoms with E-state index in [0.717, 1.165) is 25.7 Å². The third-order valence-corrected chi connectivity index (χ3v) is 5.25. The highest BCUT2D eigenvalue weighted by atomic mass is 32.2. The zero-order chi connectivity index (χ0) is 14.8. The number of thiocarbonyl (C=S) groups is 1. The Morgan fingerprint density at radius 3 is 2.65 bits per heavy atom. The first-order valence-electron chi connectivity index (χ1n) is 6.70. The summed E-state index contributed by atoms with van der Waals surface area (Å²) in [6, 6.07) is -0.489. The highest BCUT2D eigenvalue weighted by Crippen LogP contribution is 2.27. The largest absolute Gasteiger partial charge is 0.392 e. The lowest BCUT2D eigenvalue weighted by atomic mass is 9.84. The van der Waals surface area contributed by atoms with E-state index in [1.54, 1.807) is 11.6 Å². The van der Waals surface area contributed by atoms with E-state index in [1.165, 1.54) is 18.9 Å². The number of aromatic nitrogens is 2. The molecule has 112 valence electrons. The monoisotopic (exact) mass is 316 g/mol. The molecule has 0 bridgehead atoms. The summed E-state index contributed by atoms with van der Waals surface area (Å²) < 4.78 is 28.8. The predicted octanol–water partition coefficient (Wildman–Crippen LogP) is 0.933. The Hall–Kier alpha value is -0.990. The Morgan fingerprint density at radius 1 is 1.50 bits per heavy atom. The van der Waals surface area contributed by atoms with Crippen molar-refractivity contribution >= 4 is 27.2 Å². The van der Waals surface area contributed by atoms with Crippen molar-refractivity contribution in [2.75, 3.05) is 0 Å². The summed E-state index contributed by atoms with van der Waals surface area (Å²) in [6.45, 7) is 0. The molecule has 1 atom stereocenters. The summed E-state index contributed by atoms with van der Waals surface area (Å²) in [4.78, 5) is 4.08. The number of rotatable bonds is 5. The molecule has 0 spiro atoms. The second-order valence-electron chi connectivity index (χ2n) is 5.28. The van der Waals surface area contributed by atoms with Crippen LogP contribution in [0.2, 0.25) is 0 Å². The fourth-order valence-corrected chi connectivity index (χ4v) is 4.20. The smallest absolute Gasteiger partial charge is 0.260 e. The van der Waals surface area contributed by atoms with Gasteiger partial charge in [0, 0.05) is 13.2 Å². The minimum Gasteiger partial charge on any atom is -0.392 e. The molecule has 3 N–H and O–H groups in total. The molecule has 1 aliphatic carbocycles. The van der Waals surface area contributed by atoms with Crippen molar-refractivity contribution in [3.63, 3.8) is 0 Å². The second kappa shape index (κ2) is 6.19. The molecular formula is C12H20N4O2S2. The van der Waals surface area contributed by atoms with Crippen LogP contribution in [-0.4, -0.2) is 29.0 Å². The van der Waals surface area contributed by atoms with E-state index in [2.05, 4.69) is 9.71 Å². The lowest BCUT2D eigenvalue weighted by molar-refractivity contribution is 0.330. The molecule has 1 aliphatic rings. The number of imidazole rings is 1. The Morgan fingerprint density at radius 2 is 2.15 bits per heavy atom. The summed E-state index contributed by atoms with van der Waals surface area (Å²) in [5.41, 5.74) is 5.74. The number of hydrogen-bond acceptors (Lipinski definition) is 4. The molecule has 1 aromatic rings. The molecular weight excluding hydrogens is 296 g/mol. The van der Waals surface area contributed by atoms with E-state index in [9.17, 15) is 8.42 Å². The number of sulfonamides is 1. The van der Waals surface area contributed by atoms with Crippen LogP contribution >= 0.6 is 12.2 Å². The maximum atomic E-state index is 12.3. The van der Waals surface area contributed by atoms with Gasteiger partial charge in [0.2, 0.25) is 0 Å². The predicted molar refractivity (Wildman–Crippen MR) is 80.7 cm³/mol. The van der Waals surface area contributed by atoms with E-state index < -0.39 is 16.1 Å². The molecule has 1 heterocycles. The molecule has 0 aromatic carbocycles. The van der Waals surface area contributed by atoms with Gasteiger partial charge in [0.1, 0.15) is 0 Å². The first-order valence-corrected chi connectivity index (χ1v) is 8.59. The Kier molecular flexibility index (Phi) is 4.77. The topological polar surface area (TPSA) is 90.0 Å². The van der Waals surface area contributed by atoms with Crippen LogP contribution < -0.4 is 10.5 Å². The van der Waals surface area contributed by atoms with Crippen molar-refractivity contribution < 1.29 is 8.42 Å². The van der Waals surface area contributed by atoms with E-state index in [4.69, 9.17) is 18.0 Å². The van der Waals surface area contributed by atoms with Gasteiger partial charge >= 0.3 is 0 Å². The molecule has 6 nitrogen and oxygen atoms in total. The molecule has 2 rings (SSSR count). The van der Waals surface area contributed by atoms with E-state index in [0.29, 0.717) is 0 Å². The quantitative estimate of drug-likeness (QED) is 0.789. The van der Waals surface area contributed by atoms with Gasteiger partial charge in [-0.25, -0.2) is 13.4 Å². The van der Waals surface area contributed by atoms with Gasteiger partial charge in [0.25, 0.3) is 10.0 Å². The zero-order valence-electron chi connectivity index (χ0n) is 11.4. The van der Waals surface area contributed by atoms with Crippen molar-refractivity contribution in [1.29, 1.82) is 0 Å². The lowest BCUT2D eigenvalue weighted by Crippen LogP contribution is -2.48. The average molecular weight is 316 g/mol. The van der Waals surface area contributed by atoms with Gasteiger partial charge < -0.3 is 10.3 Å². The normalized spacial score (nSPS) is 18.9. The molecule has 0 saturated heterocycles. The van der Waals surface area contributed by atoms with Gasteiger partial charge in [-0.2, -0.15) is 4.72 Å². The van der Waals surface area contributed by atoms with E-state index in [-0.39, 0.29) is 15.9 Å². The Bertz CT molecular complexity index is 576. The number of nitrogens with two attached hydrogens (primary N) is 1. The maximum Gasteiger partial charge on any atom is 0.260 e. The van der Waals surface area contributed by atoms with Crippen LogP contribution in [0.4, 0.5) is 0 Å². The lowest BCUT2D eigenvalue weighted by Gasteiger charge is -2.29. The minimum atomic E-state index is -3.68. The fourth-order valence-electron chi connectivity index (χ4n) is 2.61. The van der Waals surface area contributed by atoms with Crippen molar-refractivity contribution in [3.8, 4) is 0 Å². The van der Waals surface area contributed by atoms with Gasteiger partial charge in [-0.05, 0) is 18.8 Å². The van der Waals surface area contributed by atoms with Crippen LogP contribution in [0.3, 0.4) is 0 Å². The first kappa shape index (κ1) is 15.4. The highest BCUT2D eigenvalue weighted by Gasteiger charge is 2.31. The van der Waals surface area contributed by atoms with Crippen molar-refractivity contribution in [3.05, 3.63) is 12.5 Å². The standard InChI is InChI=1S/C12H20N4O2S2/c1-16-7-10(14-8-16)20(17,18)15-11(12(13)19)9-5-3-2-4-6-9/h7-9,11,15H,2-6H2,1H3,(H2,13,19). The van der Waals surface area contributed by atoms with Crippen LogP contribution in [0.1, 0.15) is 32.1 Å². The van der Waals surface area contributed by atoms with Gasteiger partial charge in [-0.15, -0.1) is 0 Å². The summed E-state index contributed by atoms with van der Waals surface area (Å²) in [5.74, 6) is 0.180. The highest BCUT2D eigenvalue weighted by molar-refractivity contribution is 7.89. The Labute approximate surface area is 124 Å². The molecule has 1 fully saturated rings. The van der Waals surface area contributed by atoms with Gasteiger partial charge in [0.15, 0.2) is 5.03 Å². The summed E-state index contributed by atoms with van der Waals surface area (Å²) in [5, 5.41) is -0.00272. The van der Waals surface area contributed by atoms with Gasteiger partial charge in [-0.1, -0.05) is 31.5 Å². The SMILES string of the molecule is Cn1cnc(S(=O)(=O)NC(C(N)=S)C2CCCCC2)c1. The molecule has 20 heavy (non-hydrogen) atoms. The summed E-state index contributed by atoms with van der Waals surface area (Å²) in [7, 11) is -1.96. The summed E-state index contributed by atoms with van der Waals surface area (Å²) in [6.07, 6.45) is 8.18. The maximum absolute atomic E-state index is 12.3. The number of aryl methyl sites for hydroxylation is 1. The number of nitrogens with zero attached hydrogens (tertiary/aromatic N) is 2. The molecule has 8 heteroatoms. The molecule has 0 radical (unpaired) electrons. The van der Waals surface area contributed by atoms with Crippen molar-refractivity contribution in [1.82, 2.24) is 14.3 Å². The molecule has 1 saturated carbocycles. The molecule has 1 unspecified atom stereocenters. The van der Waals surface area contributed by atoms with Gasteiger partial charge in [0.05, 0.1) is 17.4 Å². The number of hydrogen-bond donors (Lipinski definition) is 2. The van der Waals surface area contributed by atoms with Crippen molar-refractivity contribution in [2.45, 2.75) is 43.2 Å². The second-order valence-corrected chi connectivity index (χ2v) is 7.41. The van der Waals surface area contributed by atoms with Crippen LogP contribution in [0.5, 0.6) is 0 Å². The molecule has 1 aromatic heterocycles. The fraction of sp³-hybridized carbons (Fsp3) is 0.667. The molecule has 0 aliphatic heterocycles. The first-order chi connectivity index (χ1) is 9.40. The molecule has 0 amide bonds. The van der Waals surface area contributed by atoms with E-state index in [1.807, 2.05) is 0 Å². The zero-order valence-corrected chi connectivity index (χ0v) is 13.1. The van der Waals surface area contributed by atoms with E-state index >= 15 is 0 Å². The third-order valence-electron chi connectivity index (χ3n) is 3.67. The number of nitrogens with one attached hydrogen (secondary N) is 1. The van der Waals surface area contributed by atoms with Crippen LogP contribution in [-0.2, 0) is 17.1 Å². The van der Waals surface area contributed by atoms with Crippen LogP contribution in [0.25, 0.3) is 0 Å². The van der Waals surface area contributed by atoms with Crippen LogP contribution in [0.15, 0.2) is 17.6 Å². The third kappa shape index (κ3) is 3.56. The van der Waals surface area contributed by atoms with Crippen molar-refractivity contribution in [2.24, 2.45) is 18.7 Å². The Balaban J connectivity index is 2.17. The minimum absolute atomic E-state index is 0.00272. The summed E-state index contributed by atoms with van der Waals surface area (Å²) >= 11 is 5.05. The van der Waals surface area contributed by atoms with Gasteiger partial charge in [-0.3, -0.25) is 0 Å².